The second-order valence-corrected chi connectivity index (χ2v) is 6.19. The Kier molecular flexibility index (Phi) is 5.14. The molecule has 6 heteroatoms. The zero-order chi connectivity index (χ0) is 17.8. The van der Waals surface area contributed by atoms with Gasteiger partial charge in [-0.05, 0) is 42.7 Å². The lowest BCUT2D eigenvalue weighted by atomic mass is 10.1. The lowest BCUT2D eigenvalue weighted by Gasteiger charge is -2.09. The van der Waals surface area contributed by atoms with Crippen LogP contribution in [-0.4, -0.2) is 25.7 Å². The predicted molar refractivity (Wildman–Crippen MR) is 98.6 cm³/mol. The average Bonchev–Trinajstić information content (AvgIpc) is 3.07. The second-order valence-electron chi connectivity index (χ2n) is 5.75. The predicted octanol–water partition coefficient (Wildman–Crippen LogP) is 4.35. The molecule has 2 heterocycles. The van der Waals surface area contributed by atoms with Crippen LogP contribution in [0.4, 0.5) is 0 Å². The van der Waals surface area contributed by atoms with Crippen LogP contribution in [0.1, 0.15) is 36.7 Å². The summed E-state index contributed by atoms with van der Waals surface area (Å²) in [6.45, 7) is 2.11. The van der Waals surface area contributed by atoms with E-state index in [1.807, 2.05) is 6.07 Å². The molecule has 25 heavy (non-hydrogen) atoms. The van der Waals surface area contributed by atoms with Gasteiger partial charge in [0.1, 0.15) is 0 Å². The maximum absolute atomic E-state index is 11.9. The molecule has 5 nitrogen and oxygen atoms in total. The van der Waals surface area contributed by atoms with Gasteiger partial charge in [-0.25, -0.2) is 14.3 Å². The van der Waals surface area contributed by atoms with E-state index in [-0.39, 0.29) is 5.57 Å². The van der Waals surface area contributed by atoms with Gasteiger partial charge in [-0.3, -0.25) is 0 Å². The van der Waals surface area contributed by atoms with Crippen molar-refractivity contribution in [1.29, 1.82) is 0 Å². The Morgan fingerprint density at radius 3 is 2.72 bits per heavy atom. The molecule has 0 atom stereocenters. The summed E-state index contributed by atoms with van der Waals surface area (Å²) in [6, 6.07) is 10.6. The van der Waals surface area contributed by atoms with E-state index in [1.54, 1.807) is 47.1 Å². The fourth-order valence-corrected chi connectivity index (χ4v) is 2.74. The normalized spacial score (nSPS) is 11.8. The molecule has 0 aliphatic carbocycles. The number of carboxylic acids is 1. The molecule has 3 aromatic rings. The fraction of sp³-hybridized carbons (Fsp3) is 0.211. The van der Waals surface area contributed by atoms with Crippen LogP contribution >= 0.6 is 11.6 Å². The summed E-state index contributed by atoms with van der Waals surface area (Å²) in [5.74, 6) is -1.01. The Bertz CT molecular complexity index is 929. The van der Waals surface area contributed by atoms with Crippen LogP contribution in [-0.2, 0) is 11.2 Å². The standard InChI is InChI=1S/C19H18ClN3O2/c1-2-3-4-15-12-17(23-18(22-15)9-10-21-23)16(19(24)25)11-13-5-7-14(20)8-6-13/h5-12H,2-4H2,1H3,(H,24,25)/b16-11-. The molecule has 0 amide bonds. The van der Waals surface area contributed by atoms with Crippen molar-refractivity contribution < 1.29 is 9.90 Å². The lowest BCUT2D eigenvalue weighted by Crippen LogP contribution is -2.08. The third-order valence-corrected chi connectivity index (χ3v) is 4.14. The number of carbonyl (C=O) groups is 1. The Labute approximate surface area is 150 Å². The molecule has 128 valence electrons. The summed E-state index contributed by atoms with van der Waals surface area (Å²) in [6.07, 6.45) is 6.10. The molecule has 0 saturated carbocycles. The number of nitrogens with zero attached hydrogens (tertiary/aromatic N) is 3. The largest absolute Gasteiger partial charge is 0.478 e. The molecule has 3 rings (SSSR count). The monoisotopic (exact) mass is 355 g/mol. The van der Waals surface area contributed by atoms with Gasteiger partial charge in [0.25, 0.3) is 0 Å². The second kappa shape index (κ2) is 7.49. The van der Waals surface area contributed by atoms with Crippen LogP contribution in [0.25, 0.3) is 17.3 Å². The highest BCUT2D eigenvalue weighted by molar-refractivity contribution is 6.30. The van der Waals surface area contributed by atoms with Crippen molar-refractivity contribution in [1.82, 2.24) is 14.6 Å². The topological polar surface area (TPSA) is 67.5 Å². The molecule has 0 saturated heterocycles. The van der Waals surface area contributed by atoms with Crippen molar-refractivity contribution in [3.8, 4) is 0 Å². The SMILES string of the molecule is CCCCc1cc(/C(=C/c2ccc(Cl)cc2)C(=O)O)n2nccc2n1. The van der Waals surface area contributed by atoms with Crippen molar-refractivity contribution >= 4 is 34.9 Å². The maximum atomic E-state index is 11.9. The number of unbranched alkanes of at least 4 members (excludes halogenated alkanes) is 1. The molecular formula is C19H18ClN3O2. The first kappa shape index (κ1) is 17.2. The molecule has 0 aliphatic heterocycles. The number of aromatic nitrogens is 3. The van der Waals surface area contributed by atoms with Crippen LogP contribution in [0.5, 0.6) is 0 Å². The van der Waals surface area contributed by atoms with Crippen LogP contribution in [0.15, 0.2) is 42.6 Å². The summed E-state index contributed by atoms with van der Waals surface area (Å²) in [7, 11) is 0. The van der Waals surface area contributed by atoms with Crippen molar-refractivity contribution in [2.24, 2.45) is 0 Å². The number of hydrogen-bond donors (Lipinski definition) is 1. The first-order valence-electron chi connectivity index (χ1n) is 8.13. The highest BCUT2D eigenvalue weighted by Crippen LogP contribution is 2.22. The van der Waals surface area contributed by atoms with Gasteiger partial charge in [0.2, 0.25) is 0 Å². The van der Waals surface area contributed by atoms with Crippen LogP contribution in [0.2, 0.25) is 5.02 Å². The summed E-state index contributed by atoms with van der Waals surface area (Å²) in [4.78, 5) is 16.5. The van der Waals surface area contributed by atoms with E-state index in [0.717, 1.165) is 30.5 Å². The summed E-state index contributed by atoms with van der Waals surface area (Å²) in [5, 5.41) is 14.6. The van der Waals surface area contributed by atoms with Gasteiger partial charge in [0.15, 0.2) is 5.65 Å². The van der Waals surface area contributed by atoms with E-state index in [2.05, 4.69) is 17.0 Å². The number of hydrogen-bond acceptors (Lipinski definition) is 3. The summed E-state index contributed by atoms with van der Waals surface area (Å²) >= 11 is 5.90. The van der Waals surface area contributed by atoms with Gasteiger partial charge in [0, 0.05) is 16.8 Å². The van der Waals surface area contributed by atoms with Crippen molar-refractivity contribution in [2.45, 2.75) is 26.2 Å². The van der Waals surface area contributed by atoms with Crippen molar-refractivity contribution in [2.75, 3.05) is 0 Å². The van der Waals surface area contributed by atoms with Gasteiger partial charge < -0.3 is 5.11 Å². The molecule has 0 radical (unpaired) electrons. The summed E-state index contributed by atoms with van der Waals surface area (Å²) in [5.41, 5.74) is 2.95. The molecule has 0 aliphatic rings. The number of aliphatic carboxylic acids is 1. The van der Waals surface area contributed by atoms with Gasteiger partial charge in [-0.2, -0.15) is 5.10 Å². The Morgan fingerprint density at radius 1 is 1.28 bits per heavy atom. The highest BCUT2D eigenvalue weighted by Gasteiger charge is 2.17. The Balaban J connectivity index is 2.13. The van der Waals surface area contributed by atoms with Gasteiger partial charge in [0.05, 0.1) is 17.5 Å². The lowest BCUT2D eigenvalue weighted by molar-refractivity contribution is -0.130. The third kappa shape index (κ3) is 3.88. The van der Waals surface area contributed by atoms with Crippen molar-refractivity contribution in [3.63, 3.8) is 0 Å². The van der Waals surface area contributed by atoms with E-state index in [1.165, 1.54) is 0 Å². The molecule has 2 aromatic heterocycles. The number of aryl methyl sites for hydroxylation is 1. The minimum Gasteiger partial charge on any atom is -0.478 e. The molecule has 0 spiro atoms. The molecule has 1 aromatic carbocycles. The van der Waals surface area contributed by atoms with Crippen molar-refractivity contribution in [3.05, 3.63) is 64.6 Å². The zero-order valence-corrected chi connectivity index (χ0v) is 14.6. The van der Waals surface area contributed by atoms with Crippen LogP contribution in [0.3, 0.4) is 0 Å². The molecule has 0 bridgehead atoms. The first-order valence-corrected chi connectivity index (χ1v) is 8.51. The fourth-order valence-electron chi connectivity index (χ4n) is 2.61. The minimum absolute atomic E-state index is 0.163. The Hall–Kier alpha value is -2.66. The quantitative estimate of drug-likeness (QED) is 0.667. The van der Waals surface area contributed by atoms with Gasteiger partial charge >= 0.3 is 5.97 Å². The van der Waals surface area contributed by atoms with E-state index in [0.29, 0.717) is 16.4 Å². The molecular weight excluding hydrogens is 338 g/mol. The highest BCUT2D eigenvalue weighted by atomic mass is 35.5. The smallest absolute Gasteiger partial charge is 0.337 e. The maximum Gasteiger partial charge on any atom is 0.337 e. The van der Waals surface area contributed by atoms with E-state index in [9.17, 15) is 9.90 Å². The van der Waals surface area contributed by atoms with E-state index >= 15 is 0 Å². The number of benzene rings is 1. The Morgan fingerprint density at radius 2 is 2.04 bits per heavy atom. The van der Waals surface area contributed by atoms with Crippen LogP contribution in [0, 0.1) is 0 Å². The zero-order valence-electron chi connectivity index (χ0n) is 13.8. The van der Waals surface area contributed by atoms with Crippen LogP contribution < -0.4 is 0 Å². The first-order chi connectivity index (χ1) is 12.1. The number of halogens is 1. The number of rotatable bonds is 6. The number of carboxylic acid groups (broad SMARTS) is 1. The minimum atomic E-state index is -1.01. The molecule has 0 fully saturated rings. The number of fused-ring (bicyclic) bond motifs is 1. The van der Waals surface area contributed by atoms with Gasteiger partial charge in [-0.1, -0.05) is 37.1 Å². The van der Waals surface area contributed by atoms with E-state index < -0.39 is 5.97 Å². The molecule has 0 unspecified atom stereocenters. The molecule has 1 N–H and O–H groups in total. The summed E-state index contributed by atoms with van der Waals surface area (Å²) < 4.78 is 1.56. The average molecular weight is 356 g/mol. The third-order valence-electron chi connectivity index (χ3n) is 3.89. The van der Waals surface area contributed by atoms with E-state index in [4.69, 9.17) is 11.6 Å². The van der Waals surface area contributed by atoms with Gasteiger partial charge in [-0.15, -0.1) is 0 Å².